The Morgan fingerprint density at radius 1 is 1.42 bits per heavy atom. The molecule has 0 saturated heterocycles. The van der Waals surface area contributed by atoms with Gasteiger partial charge in [-0.1, -0.05) is 23.7 Å². The number of nitrogens with zero attached hydrogens (tertiary/aromatic N) is 2. The molecule has 0 aliphatic heterocycles. The highest BCUT2D eigenvalue weighted by molar-refractivity contribution is 6.33. The number of aromatic nitrogens is 2. The zero-order valence-electron chi connectivity index (χ0n) is 13.8. The normalized spacial score (nSPS) is 10.9. The molecule has 0 fully saturated rings. The van der Waals surface area contributed by atoms with Gasteiger partial charge in [-0.3, -0.25) is 9.63 Å². The summed E-state index contributed by atoms with van der Waals surface area (Å²) >= 11 is 6.13. The van der Waals surface area contributed by atoms with Crippen molar-refractivity contribution in [1.29, 1.82) is 0 Å². The SMILES string of the molecule is Cn1cnc2c(F)c(Nc3ccccc3Cl)c(C(=O)NOCCO)cc21. The molecule has 26 heavy (non-hydrogen) atoms. The summed E-state index contributed by atoms with van der Waals surface area (Å²) in [6, 6.07) is 8.28. The lowest BCUT2D eigenvalue weighted by atomic mass is 10.1. The highest BCUT2D eigenvalue weighted by Crippen LogP contribution is 2.32. The van der Waals surface area contributed by atoms with Gasteiger partial charge in [-0.05, 0) is 18.2 Å². The van der Waals surface area contributed by atoms with E-state index in [2.05, 4.69) is 15.8 Å². The van der Waals surface area contributed by atoms with Crippen LogP contribution in [0.4, 0.5) is 15.8 Å². The van der Waals surface area contributed by atoms with Gasteiger partial charge in [0.05, 0.1) is 47.0 Å². The molecule has 136 valence electrons. The summed E-state index contributed by atoms with van der Waals surface area (Å²) in [5, 5.41) is 12.0. The monoisotopic (exact) mass is 378 g/mol. The van der Waals surface area contributed by atoms with Crippen molar-refractivity contribution in [2.45, 2.75) is 0 Å². The summed E-state index contributed by atoms with van der Waals surface area (Å²) in [4.78, 5) is 21.3. The van der Waals surface area contributed by atoms with E-state index in [1.807, 2.05) is 0 Å². The molecule has 0 bridgehead atoms. The predicted octanol–water partition coefficient (Wildman–Crippen LogP) is 2.76. The molecule has 0 spiro atoms. The van der Waals surface area contributed by atoms with E-state index in [0.29, 0.717) is 16.2 Å². The Balaban J connectivity index is 2.09. The number of imidazole rings is 1. The Kier molecular flexibility index (Phi) is 5.36. The summed E-state index contributed by atoms with van der Waals surface area (Å²) in [6.45, 7) is -0.352. The molecular weight excluding hydrogens is 363 g/mol. The smallest absolute Gasteiger partial charge is 0.277 e. The molecular formula is C17H16ClFN4O3. The minimum Gasteiger partial charge on any atom is -0.394 e. The zero-order chi connectivity index (χ0) is 18.7. The van der Waals surface area contributed by atoms with E-state index in [-0.39, 0.29) is 30.0 Å². The number of carbonyl (C=O) groups is 1. The number of hydroxylamine groups is 1. The summed E-state index contributed by atoms with van der Waals surface area (Å²) < 4.78 is 16.7. The number of hydrogen-bond acceptors (Lipinski definition) is 5. The van der Waals surface area contributed by atoms with Crippen LogP contribution in [-0.2, 0) is 11.9 Å². The van der Waals surface area contributed by atoms with Gasteiger partial charge in [0.15, 0.2) is 5.82 Å². The lowest BCUT2D eigenvalue weighted by Crippen LogP contribution is -2.26. The van der Waals surface area contributed by atoms with Crippen LogP contribution in [0.2, 0.25) is 5.02 Å². The molecule has 9 heteroatoms. The fourth-order valence-corrected chi connectivity index (χ4v) is 2.62. The Hall–Kier alpha value is -2.68. The number of aliphatic hydroxyl groups excluding tert-OH is 1. The molecule has 0 unspecified atom stereocenters. The van der Waals surface area contributed by atoms with Gasteiger partial charge in [0.2, 0.25) is 0 Å². The largest absolute Gasteiger partial charge is 0.394 e. The maximum atomic E-state index is 15.1. The van der Waals surface area contributed by atoms with E-state index in [1.54, 1.807) is 35.9 Å². The number of amides is 1. The van der Waals surface area contributed by atoms with E-state index in [1.165, 1.54) is 12.4 Å². The van der Waals surface area contributed by atoms with Gasteiger partial charge in [-0.2, -0.15) is 0 Å². The fourth-order valence-electron chi connectivity index (χ4n) is 2.44. The first-order valence-electron chi connectivity index (χ1n) is 7.71. The van der Waals surface area contributed by atoms with E-state index in [0.717, 1.165) is 0 Å². The Bertz CT molecular complexity index is 961. The zero-order valence-corrected chi connectivity index (χ0v) is 14.5. The van der Waals surface area contributed by atoms with Crippen molar-refractivity contribution in [1.82, 2.24) is 15.0 Å². The van der Waals surface area contributed by atoms with Crippen LogP contribution in [0.5, 0.6) is 0 Å². The first-order chi connectivity index (χ1) is 12.5. The van der Waals surface area contributed by atoms with Crippen molar-refractivity contribution in [3.8, 4) is 0 Å². The number of aliphatic hydroxyl groups is 1. The van der Waals surface area contributed by atoms with Crippen LogP contribution >= 0.6 is 11.6 Å². The molecule has 3 N–H and O–H groups in total. The van der Waals surface area contributed by atoms with E-state index >= 15 is 4.39 Å². The maximum absolute atomic E-state index is 15.1. The lowest BCUT2D eigenvalue weighted by molar-refractivity contribution is 0.0169. The van der Waals surface area contributed by atoms with Crippen LogP contribution in [0.15, 0.2) is 36.7 Å². The van der Waals surface area contributed by atoms with E-state index < -0.39 is 11.7 Å². The van der Waals surface area contributed by atoms with Gasteiger partial charge in [0, 0.05) is 7.05 Å². The van der Waals surface area contributed by atoms with Crippen LogP contribution < -0.4 is 10.8 Å². The first kappa shape index (κ1) is 18.1. The second-order valence-corrected chi connectivity index (χ2v) is 5.85. The molecule has 0 radical (unpaired) electrons. The number of benzene rings is 2. The van der Waals surface area contributed by atoms with Crippen molar-refractivity contribution in [3.63, 3.8) is 0 Å². The third-order valence-electron chi connectivity index (χ3n) is 3.70. The van der Waals surface area contributed by atoms with Crippen LogP contribution in [0.1, 0.15) is 10.4 Å². The van der Waals surface area contributed by atoms with Gasteiger partial charge in [0.25, 0.3) is 5.91 Å². The Morgan fingerprint density at radius 2 is 2.19 bits per heavy atom. The number of rotatable bonds is 6. The number of para-hydroxylation sites is 1. The Morgan fingerprint density at radius 3 is 2.92 bits per heavy atom. The van der Waals surface area contributed by atoms with Crippen molar-refractivity contribution in [3.05, 3.63) is 53.1 Å². The van der Waals surface area contributed by atoms with Crippen LogP contribution in [-0.4, -0.2) is 33.8 Å². The average molecular weight is 379 g/mol. The number of anilines is 2. The molecule has 3 rings (SSSR count). The second-order valence-electron chi connectivity index (χ2n) is 5.44. The average Bonchev–Trinajstić information content (AvgIpc) is 3.00. The molecule has 0 saturated carbocycles. The number of fused-ring (bicyclic) bond motifs is 1. The summed E-state index contributed by atoms with van der Waals surface area (Å²) in [7, 11) is 1.69. The second kappa shape index (κ2) is 7.69. The highest BCUT2D eigenvalue weighted by atomic mass is 35.5. The quantitative estimate of drug-likeness (QED) is 0.453. The van der Waals surface area contributed by atoms with Crippen molar-refractivity contribution >= 4 is 39.9 Å². The van der Waals surface area contributed by atoms with Gasteiger partial charge in [0.1, 0.15) is 5.52 Å². The Labute approximate surface area is 153 Å². The summed E-state index contributed by atoms with van der Waals surface area (Å²) in [6.07, 6.45) is 1.46. The minimum atomic E-state index is -0.685. The number of carbonyl (C=O) groups excluding carboxylic acids is 1. The molecule has 0 aliphatic rings. The predicted molar refractivity (Wildman–Crippen MR) is 95.9 cm³/mol. The van der Waals surface area contributed by atoms with Gasteiger partial charge in [-0.25, -0.2) is 14.9 Å². The van der Waals surface area contributed by atoms with Gasteiger partial charge < -0.3 is 15.0 Å². The standard InChI is InChI=1S/C17H16ClFN4O3/c1-23-9-20-16-13(23)8-10(17(25)22-26-7-6-24)15(14(16)19)21-12-5-3-2-4-11(12)18/h2-5,8-9,21,24H,6-7H2,1H3,(H,22,25). The summed E-state index contributed by atoms with van der Waals surface area (Å²) in [5.41, 5.74) is 3.11. The maximum Gasteiger partial charge on any atom is 0.277 e. The van der Waals surface area contributed by atoms with Crippen molar-refractivity contribution < 1.29 is 19.1 Å². The molecule has 2 aromatic carbocycles. The third kappa shape index (κ3) is 3.48. The van der Waals surface area contributed by atoms with E-state index in [9.17, 15) is 4.79 Å². The van der Waals surface area contributed by atoms with Crippen molar-refractivity contribution in [2.24, 2.45) is 7.05 Å². The van der Waals surface area contributed by atoms with Crippen LogP contribution in [0, 0.1) is 5.82 Å². The van der Waals surface area contributed by atoms with Crippen molar-refractivity contribution in [2.75, 3.05) is 18.5 Å². The topological polar surface area (TPSA) is 88.4 Å². The van der Waals surface area contributed by atoms with Gasteiger partial charge >= 0.3 is 0 Å². The molecule has 1 amide bonds. The molecule has 7 nitrogen and oxygen atoms in total. The van der Waals surface area contributed by atoms with Crippen LogP contribution in [0.3, 0.4) is 0 Å². The van der Waals surface area contributed by atoms with Crippen LogP contribution in [0.25, 0.3) is 11.0 Å². The molecule has 0 aliphatic carbocycles. The molecule has 1 heterocycles. The number of aryl methyl sites for hydroxylation is 1. The molecule has 0 atom stereocenters. The lowest BCUT2D eigenvalue weighted by Gasteiger charge is -2.15. The highest BCUT2D eigenvalue weighted by Gasteiger charge is 2.22. The first-order valence-corrected chi connectivity index (χ1v) is 8.08. The molecule has 1 aromatic heterocycles. The minimum absolute atomic E-state index is 0.0106. The number of halogens is 2. The molecule has 3 aromatic rings. The summed E-state index contributed by atoms with van der Waals surface area (Å²) in [5.74, 6) is -1.36. The number of nitrogens with one attached hydrogen (secondary N) is 2. The number of hydrogen-bond donors (Lipinski definition) is 3. The van der Waals surface area contributed by atoms with E-state index in [4.69, 9.17) is 21.5 Å². The third-order valence-corrected chi connectivity index (χ3v) is 4.03. The fraction of sp³-hybridized carbons (Fsp3) is 0.176. The van der Waals surface area contributed by atoms with Gasteiger partial charge in [-0.15, -0.1) is 0 Å².